The molecule has 0 spiro atoms. The Morgan fingerprint density at radius 3 is 2.10 bits per heavy atom. The molecule has 1 atom stereocenters. The maximum absolute atomic E-state index is 13.2. The number of alkyl halides is 3. The third-order valence-electron chi connectivity index (χ3n) is 4.45. The van der Waals surface area contributed by atoms with Crippen molar-refractivity contribution in [3.63, 3.8) is 0 Å². The van der Waals surface area contributed by atoms with E-state index in [4.69, 9.17) is 4.74 Å². The summed E-state index contributed by atoms with van der Waals surface area (Å²) in [5.74, 6) is -1.07. The van der Waals surface area contributed by atoms with Crippen molar-refractivity contribution in [2.45, 2.75) is 18.7 Å². The van der Waals surface area contributed by atoms with Gasteiger partial charge in [-0.1, -0.05) is 0 Å². The highest BCUT2D eigenvalue weighted by atomic mass is 19.4. The van der Waals surface area contributed by atoms with Crippen LogP contribution in [-0.2, 0) is 21.3 Å². The molecular weight excluding hydrogens is 415 g/mol. The van der Waals surface area contributed by atoms with Gasteiger partial charge in [0.1, 0.15) is 5.56 Å². The minimum Gasteiger partial charge on any atom is -0.427 e. The van der Waals surface area contributed by atoms with Gasteiger partial charge in [0.25, 0.3) is 17.3 Å². The van der Waals surface area contributed by atoms with Crippen molar-refractivity contribution in [3.8, 4) is 0 Å². The molecule has 2 aromatic carbocycles. The molecular formula is C17H10F3N3O7. The van der Waals surface area contributed by atoms with Crippen LogP contribution in [0.2, 0.25) is 0 Å². The van der Waals surface area contributed by atoms with Gasteiger partial charge in [0.15, 0.2) is 0 Å². The van der Waals surface area contributed by atoms with Crippen molar-refractivity contribution in [1.82, 2.24) is 0 Å². The number of carbonyl (C=O) groups is 2. The lowest BCUT2D eigenvalue weighted by Crippen LogP contribution is -2.36. The van der Waals surface area contributed by atoms with Crippen molar-refractivity contribution < 1.29 is 37.3 Å². The fourth-order valence-electron chi connectivity index (χ4n) is 2.92. The number of carbonyl (C=O) groups excluding carboxylic acids is 2. The monoisotopic (exact) mass is 425 g/mol. The van der Waals surface area contributed by atoms with Gasteiger partial charge in [-0.3, -0.25) is 25.0 Å². The molecule has 1 aliphatic rings. The van der Waals surface area contributed by atoms with Gasteiger partial charge >= 0.3 is 12.3 Å². The van der Waals surface area contributed by atoms with Gasteiger partial charge in [0.2, 0.25) is 5.60 Å². The summed E-state index contributed by atoms with van der Waals surface area (Å²) in [5.41, 5.74) is -5.67. The molecule has 10 nitrogen and oxygen atoms in total. The summed E-state index contributed by atoms with van der Waals surface area (Å²) in [5, 5.41) is 21.6. The van der Waals surface area contributed by atoms with Gasteiger partial charge in [-0.25, -0.2) is 9.69 Å². The summed E-state index contributed by atoms with van der Waals surface area (Å²) >= 11 is 0. The van der Waals surface area contributed by atoms with Crippen LogP contribution < -0.4 is 4.90 Å². The summed E-state index contributed by atoms with van der Waals surface area (Å²) in [4.78, 5) is 45.2. The number of benzene rings is 2. The largest absolute Gasteiger partial charge is 0.427 e. The summed E-state index contributed by atoms with van der Waals surface area (Å²) in [6.45, 7) is 1.17. The normalized spacial score (nSPS) is 19.0. The minimum atomic E-state index is -5.12. The smallest absolute Gasteiger partial charge is 0.423 e. The third kappa shape index (κ3) is 3.29. The molecule has 2 aromatic rings. The summed E-state index contributed by atoms with van der Waals surface area (Å²) in [6, 6.07) is 6.12. The van der Waals surface area contributed by atoms with Gasteiger partial charge in [-0.2, -0.15) is 13.2 Å². The van der Waals surface area contributed by atoms with E-state index in [1.54, 1.807) is 0 Å². The molecule has 1 heterocycles. The topological polar surface area (TPSA) is 133 Å². The molecule has 3 rings (SSSR count). The lowest BCUT2D eigenvalue weighted by molar-refractivity contribution is -0.388. The second kappa shape index (κ2) is 6.79. The maximum Gasteiger partial charge on any atom is 0.423 e. The van der Waals surface area contributed by atoms with E-state index in [2.05, 4.69) is 0 Å². The Balaban J connectivity index is 2.04. The quantitative estimate of drug-likeness (QED) is 0.535. The van der Waals surface area contributed by atoms with Crippen LogP contribution in [0.25, 0.3) is 0 Å². The number of non-ortho nitro benzene ring substituents is 1. The minimum absolute atomic E-state index is 0.0481. The number of amides is 2. The summed E-state index contributed by atoms with van der Waals surface area (Å²) in [7, 11) is 0. The van der Waals surface area contributed by atoms with E-state index < -0.39 is 50.6 Å². The average molecular weight is 425 g/mol. The van der Waals surface area contributed by atoms with Crippen LogP contribution >= 0.6 is 0 Å². The molecule has 0 saturated carbocycles. The van der Waals surface area contributed by atoms with E-state index in [1.807, 2.05) is 0 Å². The van der Waals surface area contributed by atoms with Crippen molar-refractivity contribution in [3.05, 3.63) is 73.8 Å². The Kier molecular flexibility index (Phi) is 4.68. The van der Waals surface area contributed by atoms with Gasteiger partial charge in [0.05, 0.1) is 15.5 Å². The van der Waals surface area contributed by atoms with E-state index in [9.17, 15) is 43.0 Å². The number of ether oxygens (including phenoxy) is 1. The molecule has 0 radical (unpaired) electrons. The van der Waals surface area contributed by atoms with Crippen LogP contribution in [0.4, 0.5) is 35.0 Å². The first kappa shape index (κ1) is 20.7. The van der Waals surface area contributed by atoms with Crippen molar-refractivity contribution in [2.75, 3.05) is 4.90 Å². The van der Waals surface area contributed by atoms with Gasteiger partial charge in [0, 0.05) is 23.8 Å². The number of hydrogen-bond acceptors (Lipinski definition) is 7. The molecule has 156 valence electrons. The molecule has 1 unspecified atom stereocenters. The molecule has 1 fully saturated rings. The maximum atomic E-state index is 13.2. The molecule has 1 saturated heterocycles. The van der Waals surface area contributed by atoms with E-state index in [0.29, 0.717) is 17.0 Å². The number of cyclic esters (lactones) is 1. The van der Waals surface area contributed by atoms with Crippen molar-refractivity contribution in [2.24, 2.45) is 0 Å². The Hall–Kier alpha value is -4.03. The van der Waals surface area contributed by atoms with Gasteiger partial charge in [-0.05, 0) is 31.2 Å². The third-order valence-corrected chi connectivity index (χ3v) is 4.45. The Bertz CT molecular complexity index is 1080. The predicted octanol–water partition coefficient (Wildman–Crippen LogP) is 3.92. The SMILES string of the molecule is CC1(c2ccc([N+](=O)[O-])cc2)OC(=O)N(c2ccc([N+](=O)[O-])c(C(F)(F)F)c2)C1=O. The molecule has 2 amide bonds. The zero-order valence-corrected chi connectivity index (χ0v) is 14.9. The molecule has 0 aromatic heterocycles. The Labute approximate surface area is 164 Å². The van der Waals surface area contributed by atoms with Crippen LogP contribution in [-0.4, -0.2) is 21.8 Å². The lowest BCUT2D eigenvalue weighted by atomic mass is 9.94. The fourth-order valence-corrected chi connectivity index (χ4v) is 2.92. The van der Waals surface area contributed by atoms with Crippen molar-refractivity contribution in [1.29, 1.82) is 0 Å². The van der Waals surface area contributed by atoms with Crippen LogP contribution in [0, 0.1) is 20.2 Å². The van der Waals surface area contributed by atoms with Crippen LogP contribution in [0.1, 0.15) is 18.1 Å². The number of nitrogens with zero attached hydrogens (tertiary/aromatic N) is 3. The van der Waals surface area contributed by atoms with Crippen LogP contribution in [0.3, 0.4) is 0 Å². The number of hydrogen-bond donors (Lipinski definition) is 0. The molecule has 0 bridgehead atoms. The first-order chi connectivity index (χ1) is 13.9. The second-order valence-electron chi connectivity index (χ2n) is 6.30. The van der Waals surface area contributed by atoms with Gasteiger partial charge in [-0.15, -0.1) is 0 Å². The van der Waals surface area contributed by atoms with E-state index in [1.165, 1.54) is 19.1 Å². The molecule has 0 aliphatic carbocycles. The van der Waals surface area contributed by atoms with E-state index in [-0.39, 0.29) is 11.3 Å². The lowest BCUT2D eigenvalue weighted by Gasteiger charge is -2.20. The second-order valence-corrected chi connectivity index (χ2v) is 6.30. The van der Waals surface area contributed by atoms with Gasteiger partial charge < -0.3 is 4.74 Å². The standard InChI is InChI=1S/C17H10F3N3O7/c1-16(9-2-4-10(5-3-9)22(26)27)14(24)21(15(25)30-16)11-6-7-13(23(28)29)12(8-11)17(18,19)20/h2-8H,1H3. The zero-order valence-electron chi connectivity index (χ0n) is 14.9. The zero-order chi connectivity index (χ0) is 22.4. The first-order valence-corrected chi connectivity index (χ1v) is 8.04. The molecule has 30 heavy (non-hydrogen) atoms. The number of rotatable bonds is 4. The highest BCUT2D eigenvalue weighted by molar-refractivity contribution is 6.20. The summed E-state index contributed by atoms with van der Waals surface area (Å²) < 4.78 is 44.7. The number of nitro groups is 2. The molecule has 1 aliphatic heterocycles. The van der Waals surface area contributed by atoms with E-state index in [0.717, 1.165) is 18.2 Å². The Morgan fingerprint density at radius 2 is 1.60 bits per heavy atom. The average Bonchev–Trinajstić information content (AvgIpc) is 2.90. The number of anilines is 1. The molecule has 13 heteroatoms. The predicted molar refractivity (Wildman–Crippen MR) is 92.5 cm³/mol. The van der Waals surface area contributed by atoms with Crippen molar-refractivity contribution >= 4 is 29.1 Å². The fraction of sp³-hybridized carbons (Fsp3) is 0.176. The Morgan fingerprint density at radius 1 is 1.00 bits per heavy atom. The first-order valence-electron chi connectivity index (χ1n) is 8.04. The molecule has 0 N–H and O–H groups in total. The van der Waals surface area contributed by atoms with Crippen LogP contribution in [0.15, 0.2) is 42.5 Å². The summed E-state index contributed by atoms with van der Waals surface area (Å²) in [6.07, 6.45) is -6.42. The highest BCUT2D eigenvalue weighted by Gasteiger charge is 2.53. The highest BCUT2D eigenvalue weighted by Crippen LogP contribution is 2.42. The van der Waals surface area contributed by atoms with E-state index >= 15 is 0 Å². The van der Waals surface area contributed by atoms with Crippen LogP contribution in [0.5, 0.6) is 0 Å². The number of imide groups is 1. The number of nitro benzene ring substituents is 2. The number of halogens is 3.